The largest absolute Gasteiger partial charge is 0.456 e. The van der Waals surface area contributed by atoms with Crippen LogP contribution in [0.3, 0.4) is 0 Å². The third-order valence-corrected chi connectivity index (χ3v) is 3.64. The fraction of sp³-hybridized carbons (Fsp3) is 0.444. The number of esters is 1. The van der Waals surface area contributed by atoms with E-state index >= 15 is 0 Å². The smallest absolute Gasteiger partial charge is 0.306 e. The molecule has 0 spiro atoms. The molecule has 0 saturated carbocycles. The molecule has 1 aromatic heterocycles. The topological polar surface area (TPSA) is 101 Å². The van der Waals surface area contributed by atoms with Crippen molar-refractivity contribution in [2.24, 2.45) is 5.92 Å². The summed E-state index contributed by atoms with van der Waals surface area (Å²) < 4.78 is 4.93. The number of fused-ring (bicyclic) bond motifs is 1. The molecular weight excluding hydrogens is 322 g/mol. The second kappa shape index (κ2) is 8.96. The Labute approximate surface area is 145 Å². The molecule has 0 atom stereocenters. The quantitative estimate of drug-likeness (QED) is 0.707. The lowest BCUT2D eigenvalue weighted by Crippen LogP contribution is -2.30. The minimum atomic E-state index is -0.505. The Bertz CT molecular complexity index is 798. The minimum absolute atomic E-state index is 0.0422. The van der Waals surface area contributed by atoms with Crippen molar-refractivity contribution in [3.05, 3.63) is 40.4 Å². The van der Waals surface area contributed by atoms with Crippen molar-refractivity contribution in [1.29, 1.82) is 0 Å². The van der Waals surface area contributed by atoms with Crippen molar-refractivity contribution in [3.8, 4) is 0 Å². The van der Waals surface area contributed by atoms with Crippen molar-refractivity contribution in [3.63, 3.8) is 0 Å². The highest BCUT2D eigenvalue weighted by Gasteiger charge is 2.10. The van der Waals surface area contributed by atoms with Crippen molar-refractivity contribution in [1.82, 2.24) is 15.3 Å². The first-order valence-electron chi connectivity index (χ1n) is 8.36. The molecule has 1 heterocycles. The molecule has 1 aromatic carbocycles. The molecule has 2 rings (SSSR count). The van der Waals surface area contributed by atoms with Crippen LogP contribution in [0.2, 0.25) is 0 Å². The number of para-hydroxylation sites is 1. The molecule has 2 N–H and O–H groups in total. The normalized spacial score (nSPS) is 10.8. The third kappa shape index (κ3) is 6.02. The number of benzene rings is 1. The van der Waals surface area contributed by atoms with E-state index in [0.717, 1.165) is 6.42 Å². The molecule has 7 heteroatoms. The summed E-state index contributed by atoms with van der Waals surface area (Å²) in [7, 11) is 0. The number of aromatic nitrogens is 2. The van der Waals surface area contributed by atoms with E-state index in [-0.39, 0.29) is 30.9 Å². The van der Waals surface area contributed by atoms with Gasteiger partial charge in [-0.3, -0.25) is 14.4 Å². The number of amides is 1. The van der Waals surface area contributed by atoms with Gasteiger partial charge in [-0.15, -0.1) is 0 Å². The highest BCUT2D eigenvalue weighted by Crippen LogP contribution is 2.06. The Morgan fingerprint density at radius 1 is 1.28 bits per heavy atom. The Kier molecular flexibility index (Phi) is 6.68. The summed E-state index contributed by atoms with van der Waals surface area (Å²) in [6.45, 7) is 4.41. The summed E-state index contributed by atoms with van der Waals surface area (Å²) in [6, 6.07) is 7.00. The summed E-state index contributed by atoms with van der Waals surface area (Å²) in [5.41, 5.74) is 0.345. The van der Waals surface area contributed by atoms with Crippen molar-refractivity contribution < 1.29 is 14.3 Å². The fourth-order valence-electron chi connectivity index (χ4n) is 2.24. The number of ether oxygens (including phenoxy) is 1. The van der Waals surface area contributed by atoms with E-state index in [1.165, 1.54) is 0 Å². The first-order valence-corrected chi connectivity index (χ1v) is 8.36. The van der Waals surface area contributed by atoms with E-state index in [1.54, 1.807) is 24.3 Å². The molecule has 0 aliphatic carbocycles. The molecule has 134 valence electrons. The first-order chi connectivity index (χ1) is 12.0. The van der Waals surface area contributed by atoms with E-state index in [0.29, 0.717) is 29.2 Å². The van der Waals surface area contributed by atoms with Gasteiger partial charge < -0.3 is 15.0 Å². The molecule has 0 saturated heterocycles. The van der Waals surface area contributed by atoms with Gasteiger partial charge in [-0.05, 0) is 24.5 Å². The molecule has 0 bridgehead atoms. The fourth-order valence-corrected chi connectivity index (χ4v) is 2.24. The van der Waals surface area contributed by atoms with Crippen LogP contribution in [0.4, 0.5) is 0 Å². The Hall–Kier alpha value is -2.70. The zero-order chi connectivity index (χ0) is 18.2. The van der Waals surface area contributed by atoms with Gasteiger partial charge in [-0.1, -0.05) is 26.0 Å². The number of hydrogen-bond acceptors (Lipinski definition) is 5. The van der Waals surface area contributed by atoms with E-state index < -0.39 is 5.97 Å². The second-order valence-electron chi connectivity index (χ2n) is 6.22. The number of carbonyl (C=O) groups excluding carboxylic acids is 2. The molecule has 0 fully saturated rings. The zero-order valence-electron chi connectivity index (χ0n) is 14.5. The summed E-state index contributed by atoms with van der Waals surface area (Å²) in [5, 5.41) is 3.20. The van der Waals surface area contributed by atoms with E-state index in [4.69, 9.17) is 4.74 Å². The van der Waals surface area contributed by atoms with Crippen LogP contribution < -0.4 is 10.9 Å². The Balaban J connectivity index is 1.78. The molecule has 7 nitrogen and oxygen atoms in total. The average molecular weight is 345 g/mol. The monoisotopic (exact) mass is 345 g/mol. The average Bonchev–Trinajstić information content (AvgIpc) is 2.58. The number of aromatic amines is 1. The predicted octanol–water partition coefficient (Wildman–Crippen LogP) is 1.56. The molecule has 0 radical (unpaired) electrons. The maximum atomic E-state index is 11.9. The van der Waals surface area contributed by atoms with Gasteiger partial charge in [0, 0.05) is 13.0 Å². The summed E-state index contributed by atoms with van der Waals surface area (Å²) >= 11 is 0. The second-order valence-corrected chi connectivity index (χ2v) is 6.22. The maximum absolute atomic E-state index is 11.9. The number of aryl methyl sites for hydroxylation is 1. The van der Waals surface area contributed by atoms with Crippen molar-refractivity contribution >= 4 is 22.8 Å². The summed E-state index contributed by atoms with van der Waals surface area (Å²) in [5.74, 6) is 0.0996. The van der Waals surface area contributed by atoms with Crippen LogP contribution in [0.25, 0.3) is 10.9 Å². The number of rotatable bonds is 8. The number of nitrogens with one attached hydrogen (secondary N) is 2. The summed E-state index contributed by atoms with van der Waals surface area (Å²) in [6.07, 6.45) is 1.16. The zero-order valence-corrected chi connectivity index (χ0v) is 14.5. The van der Waals surface area contributed by atoms with Gasteiger partial charge in [0.25, 0.3) is 11.5 Å². The van der Waals surface area contributed by atoms with E-state index in [1.807, 2.05) is 0 Å². The molecule has 1 amide bonds. The molecule has 2 aromatic rings. The number of hydrogen-bond donors (Lipinski definition) is 2. The van der Waals surface area contributed by atoms with Gasteiger partial charge in [0.05, 0.1) is 17.3 Å². The van der Waals surface area contributed by atoms with E-state index in [9.17, 15) is 14.4 Å². The minimum Gasteiger partial charge on any atom is -0.456 e. The Morgan fingerprint density at radius 3 is 2.80 bits per heavy atom. The third-order valence-electron chi connectivity index (χ3n) is 3.64. The van der Waals surface area contributed by atoms with Crippen LogP contribution in [-0.2, 0) is 20.7 Å². The molecule has 0 aliphatic heterocycles. The first kappa shape index (κ1) is 18.6. The molecule has 25 heavy (non-hydrogen) atoms. The van der Waals surface area contributed by atoms with E-state index in [2.05, 4.69) is 29.1 Å². The highest BCUT2D eigenvalue weighted by molar-refractivity contribution is 5.80. The van der Waals surface area contributed by atoms with Crippen molar-refractivity contribution in [2.45, 2.75) is 33.1 Å². The molecule has 0 aliphatic rings. The highest BCUT2D eigenvalue weighted by atomic mass is 16.5. The van der Waals surface area contributed by atoms with Crippen LogP contribution >= 0.6 is 0 Å². The Morgan fingerprint density at radius 2 is 2.04 bits per heavy atom. The van der Waals surface area contributed by atoms with Crippen LogP contribution in [0, 0.1) is 5.92 Å². The van der Waals surface area contributed by atoms with Gasteiger partial charge in [0.15, 0.2) is 6.61 Å². The SMILES string of the molecule is CC(C)CCNC(=O)COC(=O)CCc1nc2ccccc2c(=O)[nH]1. The van der Waals surface area contributed by atoms with Gasteiger partial charge >= 0.3 is 5.97 Å². The lowest BCUT2D eigenvalue weighted by molar-refractivity contribution is -0.148. The summed E-state index contributed by atoms with van der Waals surface area (Å²) in [4.78, 5) is 42.2. The van der Waals surface area contributed by atoms with Crippen LogP contribution in [-0.4, -0.2) is 35.0 Å². The number of carbonyl (C=O) groups is 2. The molecule has 0 unspecified atom stereocenters. The lowest BCUT2D eigenvalue weighted by Gasteiger charge is -2.08. The van der Waals surface area contributed by atoms with Crippen LogP contribution in [0.15, 0.2) is 29.1 Å². The number of H-pyrrole nitrogens is 1. The van der Waals surface area contributed by atoms with Gasteiger partial charge in [0.2, 0.25) is 0 Å². The standard InChI is InChI=1S/C18H23N3O4/c1-12(2)9-10-19-16(22)11-25-17(23)8-7-15-20-14-6-4-3-5-13(14)18(24)21-15/h3-6,12H,7-11H2,1-2H3,(H,19,22)(H,20,21,24). The van der Waals surface area contributed by atoms with Crippen molar-refractivity contribution in [2.75, 3.05) is 13.2 Å². The van der Waals surface area contributed by atoms with Gasteiger partial charge in [-0.2, -0.15) is 0 Å². The predicted molar refractivity (Wildman–Crippen MR) is 94.1 cm³/mol. The van der Waals surface area contributed by atoms with Crippen LogP contribution in [0.5, 0.6) is 0 Å². The lowest BCUT2D eigenvalue weighted by atomic mass is 10.1. The van der Waals surface area contributed by atoms with Gasteiger partial charge in [-0.25, -0.2) is 4.98 Å². The van der Waals surface area contributed by atoms with Crippen LogP contribution in [0.1, 0.15) is 32.5 Å². The number of nitrogens with zero attached hydrogens (tertiary/aromatic N) is 1. The molecular formula is C18H23N3O4. The van der Waals surface area contributed by atoms with Gasteiger partial charge in [0.1, 0.15) is 5.82 Å². The maximum Gasteiger partial charge on any atom is 0.306 e.